The van der Waals surface area contributed by atoms with Gasteiger partial charge in [0.1, 0.15) is 11.1 Å². The van der Waals surface area contributed by atoms with Crippen LogP contribution in [-0.4, -0.2) is 36.8 Å². The average molecular weight is 632 g/mol. The van der Waals surface area contributed by atoms with Gasteiger partial charge in [-0.05, 0) is 67.4 Å². The summed E-state index contributed by atoms with van der Waals surface area (Å²) in [5.74, 6) is 0.296. The molecule has 0 aliphatic rings. The number of thioether (sulfide) groups is 1. The van der Waals surface area contributed by atoms with Crippen molar-refractivity contribution in [3.8, 4) is 28.7 Å². The number of aryl methyl sites for hydroxylation is 2. The molecule has 0 spiro atoms. The molecule has 208 valence electrons. The van der Waals surface area contributed by atoms with E-state index >= 15 is 0 Å². The molecular formula is C31H27BrN4O4S. The van der Waals surface area contributed by atoms with Gasteiger partial charge in [-0.2, -0.15) is 5.26 Å². The minimum absolute atomic E-state index is 0.0112. The smallest absolute Gasteiger partial charge is 0.258 e. The minimum Gasteiger partial charge on any atom is -0.493 e. The normalized spacial score (nSPS) is 10.4. The maximum atomic E-state index is 13.7. The second kappa shape index (κ2) is 13.4. The molecule has 8 nitrogen and oxygen atoms in total. The molecule has 0 aliphatic carbocycles. The zero-order valence-electron chi connectivity index (χ0n) is 22.9. The van der Waals surface area contributed by atoms with Gasteiger partial charge in [0.25, 0.3) is 5.91 Å². The predicted molar refractivity (Wildman–Crippen MR) is 165 cm³/mol. The number of para-hydroxylation sites is 1. The number of benzene rings is 3. The highest BCUT2D eigenvalue weighted by atomic mass is 79.9. The summed E-state index contributed by atoms with van der Waals surface area (Å²) in [6, 6.07) is 22.1. The van der Waals surface area contributed by atoms with Crippen molar-refractivity contribution in [3.63, 3.8) is 0 Å². The molecule has 10 heteroatoms. The highest BCUT2D eigenvalue weighted by Gasteiger charge is 2.26. The molecule has 0 saturated carbocycles. The fourth-order valence-corrected chi connectivity index (χ4v) is 5.30. The Labute approximate surface area is 251 Å². The van der Waals surface area contributed by atoms with Crippen LogP contribution < -0.4 is 20.1 Å². The molecule has 1 heterocycles. The fourth-order valence-electron chi connectivity index (χ4n) is 4.21. The Hall–Kier alpha value is -4.33. The number of rotatable bonds is 9. The molecule has 0 bridgehead atoms. The summed E-state index contributed by atoms with van der Waals surface area (Å²) in [6.07, 6.45) is 0. The monoisotopic (exact) mass is 630 g/mol. The molecule has 4 rings (SSSR count). The Morgan fingerprint density at radius 2 is 1.68 bits per heavy atom. The average Bonchev–Trinajstić information content (AvgIpc) is 2.97. The molecule has 3 aromatic carbocycles. The number of ether oxygens (including phenoxy) is 2. The highest BCUT2D eigenvalue weighted by Crippen LogP contribution is 2.39. The summed E-state index contributed by atoms with van der Waals surface area (Å²) in [4.78, 5) is 31.1. The second-order valence-corrected chi connectivity index (χ2v) is 10.8. The predicted octanol–water partition coefficient (Wildman–Crippen LogP) is 7.00. The number of nitrogens with zero attached hydrogens (tertiary/aromatic N) is 2. The first-order chi connectivity index (χ1) is 19.7. The van der Waals surface area contributed by atoms with E-state index in [4.69, 9.17) is 9.47 Å². The number of halogens is 1. The Balaban J connectivity index is 1.77. The van der Waals surface area contributed by atoms with Crippen molar-refractivity contribution in [1.82, 2.24) is 4.98 Å². The number of aromatic nitrogens is 1. The van der Waals surface area contributed by atoms with Crippen LogP contribution in [0.1, 0.15) is 27.2 Å². The van der Waals surface area contributed by atoms with Gasteiger partial charge in [-0.1, -0.05) is 52.0 Å². The van der Waals surface area contributed by atoms with E-state index in [1.54, 1.807) is 37.3 Å². The van der Waals surface area contributed by atoms with Crippen molar-refractivity contribution in [2.24, 2.45) is 0 Å². The lowest BCUT2D eigenvalue weighted by atomic mass is 9.94. The van der Waals surface area contributed by atoms with E-state index in [9.17, 15) is 14.9 Å². The number of hydrogen-bond acceptors (Lipinski definition) is 7. The first-order valence-electron chi connectivity index (χ1n) is 12.5. The quantitative estimate of drug-likeness (QED) is 0.191. The summed E-state index contributed by atoms with van der Waals surface area (Å²) < 4.78 is 11.8. The largest absolute Gasteiger partial charge is 0.493 e. The van der Waals surface area contributed by atoms with Crippen LogP contribution in [0, 0.1) is 25.2 Å². The molecule has 1 aromatic heterocycles. The van der Waals surface area contributed by atoms with Gasteiger partial charge in [0.05, 0.1) is 36.8 Å². The van der Waals surface area contributed by atoms with Crippen LogP contribution in [0.5, 0.6) is 11.5 Å². The van der Waals surface area contributed by atoms with Crippen LogP contribution >= 0.6 is 27.7 Å². The number of methoxy groups -OCH3 is 2. The Morgan fingerprint density at radius 3 is 2.34 bits per heavy atom. The molecule has 4 aromatic rings. The number of amides is 2. The lowest BCUT2D eigenvalue weighted by Gasteiger charge is -2.18. The van der Waals surface area contributed by atoms with Crippen LogP contribution in [0.2, 0.25) is 0 Å². The zero-order valence-corrected chi connectivity index (χ0v) is 25.3. The van der Waals surface area contributed by atoms with E-state index in [2.05, 4.69) is 37.6 Å². The van der Waals surface area contributed by atoms with E-state index in [-0.39, 0.29) is 22.8 Å². The van der Waals surface area contributed by atoms with Crippen molar-refractivity contribution < 1.29 is 19.1 Å². The molecule has 0 atom stereocenters. The fraction of sp³-hybridized carbons (Fsp3) is 0.161. The van der Waals surface area contributed by atoms with Crippen LogP contribution in [0.3, 0.4) is 0 Å². The van der Waals surface area contributed by atoms with E-state index in [0.717, 1.165) is 21.8 Å². The van der Waals surface area contributed by atoms with E-state index < -0.39 is 5.91 Å². The SMILES string of the molecule is COc1ccc(-c2c(C#N)c(SCC(=O)Nc3ccc(Br)cc3)nc(C)c2C(=O)Nc2ccccc2C)cc1OC. The van der Waals surface area contributed by atoms with Crippen molar-refractivity contribution in [3.05, 3.63) is 93.6 Å². The third kappa shape index (κ3) is 6.88. The van der Waals surface area contributed by atoms with E-state index in [0.29, 0.717) is 44.7 Å². The zero-order chi connectivity index (χ0) is 29.5. The number of pyridine rings is 1. The maximum Gasteiger partial charge on any atom is 0.258 e. The Morgan fingerprint density at radius 1 is 0.976 bits per heavy atom. The molecule has 2 amide bonds. The Bertz CT molecular complexity index is 1650. The van der Waals surface area contributed by atoms with Crippen LogP contribution in [0.25, 0.3) is 11.1 Å². The van der Waals surface area contributed by atoms with Gasteiger partial charge < -0.3 is 20.1 Å². The van der Waals surface area contributed by atoms with Crippen LogP contribution in [0.4, 0.5) is 11.4 Å². The van der Waals surface area contributed by atoms with Crippen molar-refractivity contribution in [2.45, 2.75) is 18.9 Å². The number of nitriles is 1. The van der Waals surface area contributed by atoms with Gasteiger partial charge in [-0.3, -0.25) is 9.59 Å². The van der Waals surface area contributed by atoms with Crippen LogP contribution in [-0.2, 0) is 4.79 Å². The molecule has 2 N–H and O–H groups in total. The Kier molecular flexibility index (Phi) is 9.65. The van der Waals surface area contributed by atoms with Crippen molar-refractivity contribution in [1.29, 1.82) is 5.26 Å². The van der Waals surface area contributed by atoms with Gasteiger partial charge >= 0.3 is 0 Å². The second-order valence-electron chi connectivity index (χ2n) is 8.92. The van der Waals surface area contributed by atoms with Crippen molar-refractivity contribution >= 4 is 50.9 Å². The molecule has 0 unspecified atom stereocenters. The topological polar surface area (TPSA) is 113 Å². The van der Waals surface area contributed by atoms with E-state index in [1.807, 2.05) is 43.3 Å². The number of nitrogens with one attached hydrogen (secondary N) is 2. The third-order valence-electron chi connectivity index (χ3n) is 6.22. The van der Waals surface area contributed by atoms with Gasteiger partial charge in [-0.25, -0.2) is 4.98 Å². The van der Waals surface area contributed by atoms with Gasteiger partial charge in [0.2, 0.25) is 5.91 Å². The summed E-state index contributed by atoms with van der Waals surface area (Å²) >= 11 is 4.50. The van der Waals surface area contributed by atoms with E-state index in [1.165, 1.54) is 14.2 Å². The summed E-state index contributed by atoms with van der Waals surface area (Å²) in [7, 11) is 3.05. The van der Waals surface area contributed by atoms with Crippen molar-refractivity contribution in [2.75, 3.05) is 30.6 Å². The standard InChI is InChI=1S/C31H27BrN4O4S/c1-18-7-5-6-8-24(18)36-30(38)28-19(2)34-31(41-17-27(37)35-22-12-10-21(32)11-13-22)23(16-33)29(28)20-9-14-25(39-3)26(15-20)40-4/h5-15H,17H2,1-4H3,(H,35,37)(H,36,38). The molecule has 0 fully saturated rings. The van der Waals surface area contributed by atoms with Gasteiger partial charge in [0, 0.05) is 21.4 Å². The first kappa shape index (κ1) is 29.6. The number of anilines is 2. The minimum atomic E-state index is -0.407. The summed E-state index contributed by atoms with van der Waals surface area (Å²) in [6.45, 7) is 3.61. The summed E-state index contributed by atoms with van der Waals surface area (Å²) in [5.41, 5.74) is 4.00. The molecular weight excluding hydrogens is 604 g/mol. The highest BCUT2D eigenvalue weighted by molar-refractivity contribution is 9.10. The molecule has 41 heavy (non-hydrogen) atoms. The lowest BCUT2D eigenvalue weighted by Crippen LogP contribution is -2.18. The number of carbonyl (C=O) groups excluding carboxylic acids is 2. The molecule has 0 saturated heterocycles. The molecule has 0 radical (unpaired) electrons. The first-order valence-corrected chi connectivity index (χ1v) is 14.3. The van der Waals surface area contributed by atoms with Gasteiger partial charge in [0.15, 0.2) is 11.5 Å². The maximum absolute atomic E-state index is 13.7. The van der Waals surface area contributed by atoms with Crippen LogP contribution in [0.15, 0.2) is 76.2 Å². The third-order valence-corrected chi connectivity index (χ3v) is 7.72. The number of carbonyl (C=O) groups is 2. The number of hydrogen-bond donors (Lipinski definition) is 2. The molecule has 0 aliphatic heterocycles. The van der Waals surface area contributed by atoms with Gasteiger partial charge in [-0.15, -0.1) is 0 Å². The summed E-state index contributed by atoms with van der Waals surface area (Å²) in [5, 5.41) is 16.5. The lowest BCUT2D eigenvalue weighted by molar-refractivity contribution is -0.113.